The molecule has 1 atom stereocenters. The van der Waals surface area contributed by atoms with Crippen LogP contribution in [-0.4, -0.2) is 35.2 Å². The third-order valence-electron chi connectivity index (χ3n) is 2.10. The van der Waals surface area contributed by atoms with Crippen molar-refractivity contribution in [3.8, 4) is 0 Å². The Kier molecular flexibility index (Phi) is 6.69. The smallest absolute Gasteiger partial charge is 0.321 e. The molecule has 0 spiro atoms. The highest BCUT2D eigenvalue weighted by Crippen LogP contribution is 2.04. The molecule has 0 saturated heterocycles. The van der Waals surface area contributed by atoms with Gasteiger partial charge in [-0.2, -0.15) is 11.8 Å². The average Bonchev–Trinajstić information content (AvgIpc) is 2.34. The van der Waals surface area contributed by atoms with E-state index in [1.807, 2.05) is 30.3 Å². The van der Waals surface area contributed by atoms with E-state index >= 15 is 0 Å². The highest BCUT2D eigenvalue weighted by atomic mass is 32.2. The fourth-order valence-electron chi connectivity index (χ4n) is 1.16. The van der Waals surface area contributed by atoms with Gasteiger partial charge in [-0.3, -0.25) is 4.79 Å². The van der Waals surface area contributed by atoms with E-state index in [9.17, 15) is 4.79 Å². The van der Waals surface area contributed by atoms with Gasteiger partial charge in [0.1, 0.15) is 6.04 Å². The Morgan fingerprint density at radius 2 is 2.12 bits per heavy atom. The van der Waals surface area contributed by atoms with Crippen molar-refractivity contribution in [3.63, 3.8) is 0 Å². The summed E-state index contributed by atoms with van der Waals surface area (Å²) in [5, 5.41) is 8.56. The minimum absolute atomic E-state index is 0.421. The van der Waals surface area contributed by atoms with Gasteiger partial charge in [0, 0.05) is 11.5 Å². The predicted octanol–water partition coefficient (Wildman–Crippen LogP) is 1.35. The molecule has 1 rings (SSSR count). The number of rotatable bonds is 8. The highest BCUT2D eigenvalue weighted by molar-refractivity contribution is 7.99. The van der Waals surface area contributed by atoms with E-state index in [1.165, 1.54) is 11.8 Å². The molecule has 0 aromatic heterocycles. The van der Waals surface area contributed by atoms with E-state index in [4.69, 9.17) is 15.6 Å². The van der Waals surface area contributed by atoms with Crippen molar-refractivity contribution in [1.82, 2.24) is 0 Å². The standard InChI is InChI=1S/C12H17NO3S/c13-11(12(14)15)9-17-7-6-16-8-10-4-2-1-3-5-10/h1-5,11H,6-9,13H2,(H,14,15)/t11-/m1/s1. The quantitative estimate of drug-likeness (QED) is 0.686. The molecule has 1 aromatic carbocycles. The summed E-state index contributed by atoms with van der Waals surface area (Å²) in [7, 11) is 0. The summed E-state index contributed by atoms with van der Waals surface area (Å²) in [6, 6.07) is 9.14. The Morgan fingerprint density at radius 3 is 2.76 bits per heavy atom. The van der Waals surface area contributed by atoms with Gasteiger partial charge in [-0.25, -0.2) is 0 Å². The lowest BCUT2D eigenvalue weighted by atomic mass is 10.2. The average molecular weight is 255 g/mol. The largest absolute Gasteiger partial charge is 0.480 e. The van der Waals surface area contributed by atoms with Crippen LogP contribution >= 0.6 is 11.8 Å². The van der Waals surface area contributed by atoms with Crippen LogP contribution in [0.1, 0.15) is 5.56 Å². The normalized spacial score (nSPS) is 12.3. The van der Waals surface area contributed by atoms with Crippen LogP contribution < -0.4 is 5.73 Å². The number of nitrogens with two attached hydrogens (primary N) is 1. The molecule has 3 N–H and O–H groups in total. The number of carboxylic acids is 1. The third kappa shape index (κ3) is 6.31. The van der Waals surface area contributed by atoms with Gasteiger partial charge >= 0.3 is 5.97 Å². The number of carbonyl (C=O) groups is 1. The van der Waals surface area contributed by atoms with Gasteiger partial charge in [0.25, 0.3) is 0 Å². The van der Waals surface area contributed by atoms with Gasteiger partial charge < -0.3 is 15.6 Å². The minimum atomic E-state index is -0.956. The molecule has 0 bridgehead atoms. The van der Waals surface area contributed by atoms with E-state index < -0.39 is 12.0 Å². The monoisotopic (exact) mass is 255 g/mol. The fraction of sp³-hybridized carbons (Fsp3) is 0.417. The first-order valence-electron chi connectivity index (χ1n) is 5.38. The summed E-state index contributed by atoms with van der Waals surface area (Å²) >= 11 is 1.49. The SMILES string of the molecule is N[C@H](CSCCOCc1ccccc1)C(=O)O. The van der Waals surface area contributed by atoms with Gasteiger partial charge in [0.15, 0.2) is 0 Å². The molecular weight excluding hydrogens is 238 g/mol. The first kappa shape index (κ1) is 14.0. The van der Waals surface area contributed by atoms with E-state index in [1.54, 1.807) is 0 Å². The maximum Gasteiger partial charge on any atom is 0.321 e. The number of hydrogen-bond donors (Lipinski definition) is 2. The van der Waals surface area contributed by atoms with E-state index in [-0.39, 0.29) is 0 Å². The maximum atomic E-state index is 10.4. The van der Waals surface area contributed by atoms with Crippen molar-refractivity contribution < 1.29 is 14.6 Å². The molecule has 0 amide bonds. The minimum Gasteiger partial charge on any atom is -0.480 e. The van der Waals surface area contributed by atoms with Crippen LogP contribution in [0.5, 0.6) is 0 Å². The molecule has 94 valence electrons. The summed E-state index contributed by atoms with van der Waals surface area (Å²) in [4.78, 5) is 10.4. The van der Waals surface area contributed by atoms with Gasteiger partial charge in [0.05, 0.1) is 13.2 Å². The third-order valence-corrected chi connectivity index (χ3v) is 3.15. The number of aliphatic carboxylic acids is 1. The molecule has 0 heterocycles. The van der Waals surface area contributed by atoms with Crippen molar-refractivity contribution in [1.29, 1.82) is 0 Å². The highest BCUT2D eigenvalue weighted by Gasteiger charge is 2.10. The van der Waals surface area contributed by atoms with Crippen molar-refractivity contribution in [2.75, 3.05) is 18.1 Å². The Bertz CT molecular complexity index is 332. The van der Waals surface area contributed by atoms with Crippen LogP contribution in [0.2, 0.25) is 0 Å². The second kappa shape index (κ2) is 8.11. The molecule has 0 radical (unpaired) electrons. The lowest BCUT2D eigenvalue weighted by Gasteiger charge is -2.06. The van der Waals surface area contributed by atoms with Gasteiger partial charge in [0.2, 0.25) is 0 Å². The molecule has 0 unspecified atom stereocenters. The van der Waals surface area contributed by atoms with Crippen molar-refractivity contribution in [3.05, 3.63) is 35.9 Å². The molecule has 17 heavy (non-hydrogen) atoms. The van der Waals surface area contributed by atoms with Crippen LogP contribution in [0.15, 0.2) is 30.3 Å². The van der Waals surface area contributed by atoms with Crippen LogP contribution in [0, 0.1) is 0 Å². The lowest BCUT2D eigenvalue weighted by molar-refractivity contribution is -0.137. The molecule has 1 aromatic rings. The van der Waals surface area contributed by atoms with Crippen LogP contribution in [0.3, 0.4) is 0 Å². The van der Waals surface area contributed by atoms with Crippen LogP contribution in [0.25, 0.3) is 0 Å². The number of thioether (sulfide) groups is 1. The van der Waals surface area contributed by atoms with E-state index in [2.05, 4.69) is 0 Å². The first-order chi connectivity index (χ1) is 8.20. The second-order valence-corrected chi connectivity index (χ2v) is 4.71. The Labute approximate surface area is 105 Å². The molecule has 0 aliphatic rings. The topological polar surface area (TPSA) is 72.5 Å². The van der Waals surface area contributed by atoms with Gasteiger partial charge in [-0.05, 0) is 5.56 Å². The number of hydrogen-bond acceptors (Lipinski definition) is 4. The molecular formula is C12H17NO3S. The van der Waals surface area contributed by atoms with E-state index in [0.717, 1.165) is 11.3 Å². The van der Waals surface area contributed by atoms with Crippen LogP contribution in [0.4, 0.5) is 0 Å². The number of ether oxygens (including phenoxy) is 1. The molecule has 0 fully saturated rings. The maximum absolute atomic E-state index is 10.4. The first-order valence-corrected chi connectivity index (χ1v) is 6.53. The summed E-state index contributed by atoms with van der Waals surface area (Å²) in [6.07, 6.45) is 0. The van der Waals surface area contributed by atoms with Crippen molar-refractivity contribution >= 4 is 17.7 Å². The summed E-state index contributed by atoms with van der Waals surface area (Å²) in [5.74, 6) is 0.223. The molecule has 0 aliphatic heterocycles. The summed E-state index contributed by atoms with van der Waals surface area (Å²) in [6.45, 7) is 1.19. The second-order valence-electron chi connectivity index (χ2n) is 3.56. The number of benzene rings is 1. The fourth-order valence-corrected chi connectivity index (χ4v) is 1.96. The zero-order valence-electron chi connectivity index (χ0n) is 9.54. The van der Waals surface area contributed by atoms with Crippen molar-refractivity contribution in [2.24, 2.45) is 5.73 Å². The van der Waals surface area contributed by atoms with Gasteiger partial charge in [-0.15, -0.1) is 0 Å². The number of carboxylic acid groups (broad SMARTS) is 1. The molecule has 0 saturated carbocycles. The van der Waals surface area contributed by atoms with Crippen LogP contribution in [-0.2, 0) is 16.1 Å². The van der Waals surface area contributed by atoms with Crippen molar-refractivity contribution in [2.45, 2.75) is 12.6 Å². The summed E-state index contributed by atoms with van der Waals surface area (Å²) in [5.41, 5.74) is 6.50. The Balaban J connectivity index is 2.00. The summed E-state index contributed by atoms with van der Waals surface area (Å²) < 4.78 is 5.45. The predicted molar refractivity (Wildman–Crippen MR) is 69.0 cm³/mol. The zero-order valence-corrected chi connectivity index (χ0v) is 10.4. The Morgan fingerprint density at radius 1 is 1.41 bits per heavy atom. The molecule has 5 heteroatoms. The molecule has 4 nitrogen and oxygen atoms in total. The van der Waals surface area contributed by atoms with E-state index in [0.29, 0.717) is 19.0 Å². The Hall–Kier alpha value is -1.04. The molecule has 0 aliphatic carbocycles. The van der Waals surface area contributed by atoms with Gasteiger partial charge in [-0.1, -0.05) is 30.3 Å². The zero-order chi connectivity index (χ0) is 12.5. The lowest BCUT2D eigenvalue weighted by Crippen LogP contribution is -2.32.